The lowest BCUT2D eigenvalue weighted by Gasteiger charge is -2.18. The standard InChI is InChI=1S/C44H50O8/c1-7-47-41(43(45)51-33(3)4)31-37-20-24-39(25-21-37)49-28-13-9-11-16-35-18-15-19-36(30-35)17-12-10-14-29-50-40-26-22-38(23-27-40)32-42(48-8-2)44(46)52-34(5)6/h9-10,13-15,18-27,30,33-34,41-42H,7-8,28-29,31-32H2,1-6H3/b13-9+,14-10+/t41-,42-/m0/s1. The monoisotopic (exact) mass is 706 g/mol. The van der Waals surface area contributed by atoms with E-state index in [0.29, 0.717) is 39.3 Å². The van der Waals surface area contributed by atoms with Crippen LogP contribution in [0.15, 0.2) is 97.1 Å². The number of hydrogen-bond acceptors (Lipinski definition) is 8. The summed E-state index contributed by atoms with van der Waals surface area (Å²) in [6.07, 6.45) is 6.44. The van der Waals surface area contributed by atoms with Crippen LogP contribution in [0.25, 0.3) is 0 Å². The second-order valence-corrected chi connectivity index (χ2v) is 12.1. The summed E-state index contributed by atoms with van der Waals surface area (Å²) >= 11 is 0. The number of rotatable bonds is 18. The lowest BCUT2D eigenvalue weighted by atomic mass is 10.1. The Balaban J connectivity index is 1.41. The molecule has 0 radical (unpaired) electrons. The number of hydrogen-bond donors (Lipinski definition) is 0. The normalized spacial score (nSPS) is 12.2. The second-order valence-electron chi connectivity index (χ2n) is 12.1. The Morgan fingerprint density at radius 2 is 1.02 bits per heavy atom. The lowest BCUT2D eigenvalue weighted by Crippen LogP contribution is -2.30. The van der Waals surface area contributed by atoms with Gasteiger partial charge in [0, 0.05) is 37.2 Å². The fraction of sp³-hybridized carbons (Fsp3) is 0.364. The van der Waals surface area contributed by atoms with Gasteiger partial charge in [0.25, 0.3) is 0 Å². The van der Waals surface area contributed by atoms with Crippen molar-refractivity contribution in [2.45, 2.75) is 78.8 Å². The topological polar surface area (TPSA) is 89.5 Å². The Morgan fingerprint density at radius 3 is 1.38 bits per heavy atom. The summed E-state index contributed by atoms with van der Waals surface area (Å²) in [6.45, 7) is 12.6. The van der Waals surface area contributed by atoms with Gasteiger partial charge in [0.15, 0.2) is 12.2 Å². The highest BCUT2D eigenvalue weighted by molar-refractivity contribution is 5.75. The van der Waals surface area contributed by atoms with Crippen LogP contribution < -0.4 is 9.47 Å². The summed E-state index contributed by atoms with van der Waals surface area (Å²) in [5.74, 6) is 13.1. The van der Waals surface area contributed by atoms with Crippen LogP contribution in [0.2, 0.25) is 0 Å². The zero-order chi connectivity index (χ0) is 37.6. The minimum Gasteiger partial charge on any atom is -0.490 e. The molecule has 0 aromatic heterocycles. The van der Waals surface area contributed by atoms with Crippen LogP contribution in [-0.2, 0) is 41.4 Å². The summed E-state index contributed by atoms with van der Waals surface area (Å²) in [5, 5.41) is 0. The van der Waals surface area contributed by atoms with E-state index in [1.807, 2.05) is 126 Å². The van der Waals surface area contributed by atoms with Crippen molar-refractivity contribution in [3.63, 3.8) is 0 Å². The highest BCUT2D eigenvalue weighted by Crippen LogP contribution is 2.17. The first-order valence-corrected chi connectivity index (χ1v) is 17.7. The van der Waals surface area contributed by atoms with E-state index in [4.69, 9.17) is 28.4 Å². The average Bonchev–Trinajstić information content (AvgIpc) is 3.11. The van der Waals surface area contributed by atoms with Gasteiger partial charge in [-0.1, -0.05) is 54.0 Å². The fourth-order valence-electron chi connectivity index (χ4n) is 4.74. The molecule has 3 aromatic rings. The number of esters is 2. The van der Waals surface area contributed by atoms with E-state index in [1.165, 1.54) is 0 Å². The molecule has 8 nitrogen and oxygen atoms in total. The van der Waals surface area contributed by atoms with E-state index in [2.05, 4.69) is 23.7 Å². The Morgan fingerprint density at radius 1 is 0.615 bits per heavy atom. The largest absolute Gasteiger partial charge is 0.490 e. The van der Waals surface area contributed by atoms with E-state index in [9.17, 15) is 9.59 Å². The Kier molecular flexibility index (Phi) is 18.4. The van der Waals surface area contributed by atoms with Crippen molar-refractivity contribution in [3.05, 3.63) is 119 Å². The highest BCUT2D eigenvalue weighted by atomic mass is 16.6. The van der Waals surface area contributed by atoms with Crippen LogP contribution in [0.5, 0.6) is 11.5 Å². The first-order valence-electron chi connectivity index (χ1n) is 17.7. The number of carbonyl (C=O) groups excluding carboxylic acids is 2. The minimum absolute atomic E-state index is 0.190. The van der Waals surface area contributed by atoms with E-state index in [1.54, 1.807) is 12.2 Å². The van der Waals surface area contributed by atoms with Crippen molar-refractivity contribution in [2.24, 2.45) is 0 Å². The van der Waals surface area contributed by atoms with Crippen molar-refractivity contribution < 1.29 is 38.0 Å². The van der Waals surface area contributed by atoms with E-state index in [0.717, 1.165) is 33.8 Å². The second kappa shape index (κ2) is 23.2. The number of ether oxygens (including phenoxy) is 6. The Hall–Kier alpha value is -5.28. The lowest BCUT2D eigenvalue weighted by molar-refractivity contribution is -0.161. The summed E-state index contributed by atoms with van der Waals surface area (Å²) in [4.78, 5) is 24.6. The van der Waals surface area contributed by atoms with Gasteiger partial charge in [-0.25, -0.2) is 9.59 Å². The van der Waals surface area contributed by atoms with Gasteiger partial charge in [0.2, 0.25) is 0 Å². The summed E-state index contributed by atoms with van der Waals surface area (Å²) in [5.41, 5.74) is 3.63. The molecule has 0 aliphatic rings. The van der Waals surface area contributed by atoms with Crippen LogP contribution in [-0.4, -0.2) is 62.8 Å². The molecule has 2 atom stereocenters. The molecule has 0 spiro atoms. The highest BCUT2D eigenvalue weighted by Gasteiger charge is 2.23. The molecular weight excluding hydrogens is 656 g/mol. The van der Waals surface area contributed by atoms with Crippen molar-refractivity contribution in [1.82, 2.24) is 0 Å². The smallest absolute Gasteiger partial charge is 0.335 e. The molecule has 0 unspecified atom stereocenters. The van der Waals surface area contributed by atoms with E-state index >= 15 is 0 Å². The molecule has 0 N–H and O–H groups in total. The minimum atomic E-state index is -0.634. The molecule has 0 saturated carbocycles. The molecule has 8 heteroatoms. The molecule has 52 heavy (non-hydrogen) atoms. The zero-order valence-corrected chi connectivity index (χ0v) is 31.1. The quantitative estimate of drug-likeness (QED) is 0.0996. The molecule has 0 bridgehead atoms. The van der Waals surface area contributed by atoms with Gasteiger partial charge in [-0.05, 0) is 119 Å². The molecule has 0 aliphatic carbocycles. The predicted molar refractivity (Wildman–Crippen MR) is 203 cm³/mol. The maximum absolute atomic E-state index is 12.3. The first-order chi connectivity index (χ1) is 25.2. The summed E-state index contributed by atoms with van der Waals surface area (Å²) < 4.78 is 33.4. The molecule has 3 aromatic carbocycles. The first kappa shape index (κ1) is 41.1. The maximum atomic E-state index is 12.3. The molecule has 3 rings (SSSR count). The number of benzene rings is 3. The third-order valence-corrected chi connectivity index (χ3v) is 7.04. The SMILES string of the molecule is CCO[C@@H](Cc1ccc(OC/C=C/C#Cc2cccc(C#C/C=C/COc3ccc(C[C@H](OCC)C(=O)OC(C)C)cc3)c2)cc1)C(=O)OC(C)C. The Bertz CT molecular complexity index is 1590. The van der Waals surface area contributed by atoms with Gasteiger partial charge in [-0.2, -0.15) is 0 Å². The van der Waals surface area contributed by atoms with Crippen LogP contribution in [0.3, 0.4) is 0 Å². The van der Waals surface area contributed by atoms with Crippen LogP contribution >= 0.6 is 0 Å². The molecule has 0 amide bonds. The fourth-order valence-corrected chi connectivity index (χ4v) is 4.74. The van der Waals surface area contributed by atoms with Gasteiger partial charge < -0.3 is 28.4 Å². The zero-order valence-electron chi connectivity index (χ0n) is 31.1. The molecule has 0 saturated heterocycles. The molecule has 0 aliphatic heterocycles. The van der Waals surface area contributed by atoms with Crippen molar-refractivity contribution in [1.29, 1.82) is 0 Å². The molecule has 0 heterocycles. The Labute approximate surface area is 309 Å². The number of carbonyl (C=O) groups is 2. The predicted octanol–water partition coefficient (Wildman–Crippen LogP) is 7.46. The molecule has 0 fully saturated rings. The summed E-state index contributed by atoms with van der Waals surface area (Å²) in [7, 11) is 0. The van der Waals surface area contributed by atoms with Crippen molar-refractivity contribution >= 4 is 11.9 Å². The van der Waals surface area contributed by atoms with Gasteiger partial charge >= 0.3 is 11.9 Å². The summed E-state index contributed by atoms with van der Waals surface area (Å²) in [6, 6.07) is 22.9. The van der Waals surface area contributed by atoms with Gasteiger partial charge in [-0.3, -0.25) is 0 Å². The van der Waals surface area contributed by atoms with E-state index in [-0.39, 0.29) is 24.1 Å². The van der Waals surface area contributed by atoms with Gasteiger partial charge in [-0.15, -0.1) is 0 Å². The van der Waals surface area contributed by atoms with Gasteiger partial charge in [0.05, 0.1) is 12.2 Å². The van der Waals surface area contributed by atoms with Crippen LogP contribution in [0.4, 0.5) is 0 Å². The molecular formula is C44H50O8. The maximum Gasteiger partial charge on any atom is 0.335 e. The molecule has 274 valence electrons. The third-order valence-electron chi connectivity index (χ3n) is 7.04. The van der Waals surface area contributed by atoms with Gasteiger partial charge in [0.1, 0.15) is 24.7 Å². The van der Waals surface area contributed by atoms with Crippen molar-refractivity contribution in [2.75, 3.05) is 26.4 Å². The van der Waals surface area contributed by atoms with Crippen LogP contribution in [0.1, 0.15) is 63.8 Å². The van der Waals surface area contributed by atoms with Crippen molar-refractivity contribution in [3.8, 4) is 35.2 Å². The van der Waals surface area contributed by atoms with E-state index < -0.39 is 12.2 Å². The number of allylic oxidation sites excluding steroid dienone is 2. The average molecular weight is 707 g/mol. The van der Waals surface area contributed by atoms with Crippen LogP contribution in [0, 0.1) is 23.7 Å². The third kappa shape index (κ3) is 16.2.